The van der Waals surface area contributed by atoms with Gasteiger partial charge in [-0.25, -0.2) is 0 Å². The van der Waals surface area contributed by atoms with E-state index in [-0.39, 0.29) is 5.91 Å². The van der Waals surface area contributed by atoms with Crippen molar-refractivity contribution in [3.05, 3.63) is 29.6 Å². The van der Waals surface area contributed by atoms with Crippen molar-refractivity contribution in [2.24, 2.45) is 0 Å². The molecule has 1 atom stereocenters. The van der Waals surface area contributed by atoms with Crippen molar-refractivity contribution in [1.29, 1.82) is 0 Å². The number of nitrogens with zero attached hydrogens (tertiary/aromatic N) is 2. The Hall–Kier alpha value is -1.42. The topological polar surface area (TPSA) is 45.2 Å². The summed E-state index contributed by atoms with van der Waals surface area (Å²) in [5.74, 6) is 0.0743. The zero-order valence-electron chi connectivity index (χ0n) is 12.6. The van der Waals surface area contributed by atoms with Crippen molar-refractivity contribution in [3.63, 3.8) is 0 Å². The van der Waals surface area contributed by atoms with Gasteiger partial charge in [0.2, 0.25) is 0 Å². The number of aryl methyl sites for hydroxylation is 1. The maximum absolute atomic E-state index is 12.7. The van der Waals surface area contributed by atoms with Crippen LogP contribution in [0.5, 0.6) is 0 Å². The summed E-state index contributed by atoms with van der Waals surface area (Å²) in [6.45, 7) is 6.80. The van der Waals surface area contributed by atoms with Crippen molar-refractivity contribution in [2.45, 2.75) is 45.6 Å². The van der Waals surface area contributed by atoms with E-state index in [0.29, 0.717) is 11.7 Å². The number of unbranched alkanes of at least 4 members (excludes halogenated alkanes) is 1. The molecule has 1 N–H and O–H groups in total. The van der Waals surface area contributed by atoms with E-state index >= 15 is 0 Å². The number of aromatic nitrogens is 1. The zero-order valence-corrected chi connectivity index (χ0v) is 12.6. The lowest BCUT2D eigenvalue weighted by Gasteiger charge is -2.26. The van der Waals surface area contributed by atoms with Crippen LogP contribution in [0.2, 0.25) is 0 Å². The van der Waals surface area contributed by atoms with Crippen LogP contribution in [0.15, 0.2) is 18.3 Å². The SMILES string of the molecule is CCCCN(CC1CCCN1)C(=O)c1ncccc1C. The van der Waals surface area contributed by atoms with Gasteiger partial charge < -0.3 is 10.2 Å². The summed E-state index contributed by atoms with van der Waals surface area (Å²) in [5, 5.41) is 3.47. The first-order valence-corrected chi connectivity index (χ1v) is 7.66. The molecular formula is C16H25N3O. The van der Waals surface area contributed by atoms with Crippen molar-refractivity contribution in [3.8, 4) is 0 Å². The molecule has 0 spiro atoms. The van der Waals surface area contributed by atoms with Crippen LogP contribution in [-0.2, 0) is 0 Å². The Morgan fingerprint density at radius 1 is 1.55 bits per heavy atom. The first-order valence-electron chi connectivity index (χ1n) is 7.66. The predicted octanol–water partition coefficient (Wildman–Crippen LogP) is 2.38. The van der Waals surface area contributed by atoms with Gasteiger partial charge >= 0.3 is 0 Å². The maximum atomic E-state index is 12.7. The van der Waals surface area contributed by atoms with Crippen molar-refractivity contribution < 1.29 is 4.79 Å². The number of carbonyl (C=O) groups excluding carboxylic acids is 1. The highest BCUT2D eigenvalue weighted by atomic mass is 16.2. The predicted molar refractivity (Wildman–Crippen MR) is 80.8 cm³/mol. The fourth-order valence-electron chi connectivity index (χ4n) is 2.66. The molecule has 1 aromatic heterocycles. The number of hydrogen-bond donors (Lipinski definition) is 1. The second-order valence-electron chi connectivity index (χ2n) is 5.57. The Kier molecular flexibility index (Phi) is 5.53. The molecule has 1 saturated heterocycles. The Balaban J connectivity index is 2.08. The Morgan fingerprint density at radius 2 is 2.40 bits per heavy atom. The third-order valence-electron chi connectivity index (χ3n) is 3.88. The molecule has 4 heteroatoms. The molecule has 1 amide bonds. The molecule has 2 rings (SSSR count). The first kappa shape index (κ1) is 15.0. The smallest absolute Gasteiger partial charge is 0.272 e. The normalized spacial score (nSPS) is 18.2. The summed E-state index contributed by atoms with van der Waals surface area (Å²) in [5.41, 5.74) is 1.56. The molecule has 1 aromatic rings. The van der Waals surface area contributed by atoms with Crippen LogP contribution in [0, 0.1) is 6.92 Å². The quantitative estimate of drug-likeness (QED) is 0.867. The van der Waals surface area contributed by atoms with E-state index in [4.69, 9.17) is 0 Å². The Morgan fingerprint density at radius 3 is 3.05 bits per heavy atom. The van der Waals surface area contributed by atoms with E-state index in [1.807, 2.05) is 24.0 Å². The average Bonchev–Trinajstić information content (AvgIpc) is 2.96. The maximum Gasteiger partial charge on any atom is 0.272 e. The van der Waals surface area contributed by atoms with Gasteiger partial charge in [0.05, 0.1) is 0 Å². The average molecular weight is 275 g/mol. The number of nitrogens with one attached hydrogen (secondary N) is 1. The minimum absolute atomic E-state index is 0.0743. The van der Waals surface area contributed by atoms with Gasteiger partial charge in [-0.3, -0.25) is 9.78 Å². The number of amides is 1. The summed E-state index contributed by atoms with van der Waals surface area (Å²) in [7, 11) is 0. The standard InChI is InChI=1S/C16H25N3O/c1-3-4-11-19(12-14-8-6-9-17-14)16(20)15-13(2)7-5-10-18-15/h5,7,10,14,17H,3-4,6,8-9,11-12H2,1-2H3. The molecule has 20 heavy (non-hydrogen) atoms. The van der Waals surface area contributed by atoms with E-state index < -0.39 is 0 Å². The van der Waals surface area contributed by atoms with Gasteiger partial charge in [0.25, 0.3) is 5.91 Å². The molecule has 0 bridgehead atoms. The summed E-state index contributed by atoms with van der Waals surface area (Å²) in [6.07, 6.45) is 6.22. The molecule has 1 unspecified atom stereocenters. The van der Waals surface area contributed by atoms with Crippen LogP contribution < -0.4 is 5.32 Å². The molecule has 1 aliphatic rings. The molecule has 1 aliphatic heterocycles. The molecule has 2 heterocycles. The van der Waals surface area contributed by atoms with Gasteiger partial charge in [-0.1, -0.05) is 19.4 Å². The molecule has 4 nitrogen and oxygen atoms in total. The highest BCUT2D eigenvalue weighted by molar-refractivity contribution is 5.93. The van der Waals surface area contributed by atoms with Gasteiger partial charge in [-0.05, 0) is 44.4 Å². The van der Waals surface area contributed by atoms with Gasteiger partial charge in [-0.2, -0.15) is 0 Å². The summed E-state index contributed by atoms with van der Waals surface area (Å²) in [4.78, 5) is 18.9. The third-order valence-corrected chi connectivity index (χ3v) is 3.88. The lowest BCUT2D eigenvalue weighted by molar-refractivity contribution is 0.0732. The van der Waals surface area contributed by atoms with Crippen LogP contribution >= 0.6 is 0 Å². The van der Waals surface area contributed by atoms with E-state index in [1.54, 1.807) is 6.20 Å². The molecule has 0 saturated carbocycles. The summed E-state index contributed by atoms with van der Waals surface area (Å²) in [6, 6.07) is 4.27. The fourth-order valence-corrected chi connectivity index (χ4v) is 2.66. The van der Waals surface area contributed by atoms with E-state index in [2.05, 4.69) is 17.2 Å². The van der Waals surface area contributed by atoms with Crippen LogP contribution in [0.25, 0.3) is 0 Å². The molecule has 0 radical (unpaired) electrons. The van der Waals surface area contributed by atoms with Crippen molar-refractivity contribution >= 4 is 5.91 Å². The number of hydrogen-bond acceptors (Lipinski definition) is 3. The zero-order chi connectivity index (χ0) is 14.4. The minimum Gasteiger partial charge on any atom is -0.336 e. The van der Waals surface area contributed by atoms with Gasteiger partial charge in [0.1, 0.15) is 5.69 Å². The van der Waals surface area contributed by atoms with Crippen molar-refractivity contribution in [2.75, 3.05) is 19.6 Å². The summed E-state index contributed by atoms with van der Waals surface area (Å²) >= 11 is 0. The van der Waals surface area contributed by atoms with Crippen LogP contribution in [-0.4, -0.2) is 41.5 Å². The van der Waals surface area contributed by atoms with Gasteiger partial charge in [0.15, 0.2) is 0 Å². The number of rotatable bonds is 6. The van der Waals surface area contributed by atoms with Crippen LogP contribution in [0.3, 0.4) is 0 Å². The highest BCUT2D eigenvalue weighted by Crippen LogP contribution is 2.12. The lowest BCUT2D eigenvalue weighted by atomic mass is 10.1. The molecule has 0 aliphatic carbocycles. The van der Waals surface area contributed by atoms with Crippen LogP contribution in [0.4, 0.5) is 0 Å². The van der Waals surface area contributed by atoms with Crippen LogP contribution in [0.1, 0.15) is 48.7 Å². The van der Waals surface area contributed by atoms with Gasteiger partial charge in [0, 0.05) is 25.3 Å². The molecular weight excluding hydrogens is 250 g/mol. The largest absolute Gasteiger partial charge is 0.336 e. The van der Waals surface area contributed by atoms with E-state index in [0.717, 1.165) is 44.5 Å². The highest BCUT2D eigenvalue weighted by Gasteiger charge is 2.23. The lowest BCUT2D eigenvalue weighted by Crippen LogP contribution is -2.42. The van der Waals surface area contributed by atoms with Gasteiger partial charge in [-0.15, -0.1) is 0 Å². The molecule has 0 aromatic carbocycles. The second-order valence-corrected chi connectivity index (χ2v) is 5.57. The van der Waals surface area contributed by atoms with E-state index in [9.17, 15) is 4.79 Å². The molecule has 110 valence electrons. The monoisotopic (exact) mass is 275 g/mol. The minimum atomic E-state index is 0.0743. The Labute approximate surface area is 121 Å². The summed E-state index contributed by atoms with van der Waals surface area (Å²) < 4.78 is 0. The van der Waals surface area contributed by atoms with E-state index in [1.165, 1.54) is 6.42 Å². The van der Waals surface area contributed by atoms with Crippen molar-refractivity contribution in [1.82, 2.24) is 15.2 Å². The first-order chi connectivity index (χ1) is 9.72. The fraction of sp³-hybridized carbons (Fsp3) is 0.625. The number of carbonyl (C=O) groups is 1. The number of pyridine rings is 1. The molecule has 1 fully saturated rings. The Bertz CT molecular complexity index is 441. The third kappa shape index (κ3) is 3.79. The second kappa shape index (κ2) is 7.39.